The molecular weight excluding hydrogens is 442 g/mol. The van der Waals surface area contributed by atoms with E-state index in [9.17, 15) is 4.79 Å². The van der Waals surface area contributed by atoms with Crippen LogP contribution in [0.1, 0.15) is 24.7 Å². The van der Waals surface area contributed by atoms with Crippen LogP contribution in [-0.4, -0.2) is 22.5 Å². The van der Waals surface area contributed by atoms with Crippen molar-refractivity contribution >= 4 is 44.6 Å². The molecule has 144 valence electrons. The van der Waals surface area contributed by atoms with Gasteiger partial charge in [0.15, 0.2) is 0 Å². The van der Waals surface area contributed by atoms with Gasteiger partial charge in [0.1, 0.15) is 18.2 Å². The molecular formula is C21H19BrClN3O2. The maximum atomic E-state index is 13.0. The van der Waals surface area contributed by atoms with Crippen LogP contribution in [0.2, 0.25) is 5.02 Å². The lowest BCUT2D eigenvalue weighted by atomic mass is 10.2. The molecule has 0 fully saturated rings. The summed E-state index contributed by atoms with van der Waals surface area (Å²) in [5, 5.41) is 5.37. The number of ether oxygens (including phenoxy) is 1. The predicted octanol–water partition coefficient (Wildman–Crippen LogP) is 5.21. The lowest BCUT2D eigenvalue weighted by Crippen LogP contribution is -2.22. The number of benzene rings is 2. The van der Waals surface area contributed by atoms with E-state index >= 15 is 0 Å². The molecule has 3 aromatic rings. The summed E-state index contributed by atoms with van der Waals surface area (Å²) in [6.45, 7) is 6.03. The first-order valence-electron chi connectivity index (χ1n) is 8.82. The van der Waals surface area contributed by atoms with Gasteiger partial charge in [0.2, 0.25) is 0 Å². The summed E-state index contributed by atoms with van der Waals surface area (Å²) < 4.78 is 7.64. The van der Waals surface area contributed by atoms with Gasteiger partial charge in [0, 0.05) is 10.9 Å². The van der Waals surface area contributed by atoms with Crippen LogP contribution in [0.15, 0.2) is 63.4 Å². The molecule has 0 bridgehead atoms. The van der Waals surface area contributed by atoms with Crippen molar-refractivity contribution in [3.8, 4) is 5.75 Å². The van der Waals surface area contributed by atoms with Gasteiger partial charge in [0.25, 0.3) is 5.56 Å². The zero-order valence-electron chi connectivity index (χ0n) is 15.4. The van der Waals surface area contributed by atoms with Gasteiger partial charge in [-0.25, -0.2) is 4.98 Å². The molecule has 3 rings (SSSR count). The Bertz CT molecular complexity index is 1110. The minimum Gasteiger partial charge on any atom is -0.488 e. The molecule has 0 aliphatic carbocycles. The van der Waals surface area contributed by atoms with Crippen molar-refractivity contribution in [1.82, 2.24) is 9.66 Å². The van der Waals surface area contributed by atoms with Crippen LogP contribution in [-0.2, 0) is 6.42 Å². The third kappa shape index (κ3) is 4.51. The largest absolute Gasteiger partial charge is 0.488 e. The van der Waals surface area contributed by atoms with Crippen LogP contribution in [0, 0.1) is 0 Å². The molecule has 28 heavy (non-hydrogen) atoms. The van der Waals surface area contributed by atoms with Crippen molar-refractivity contribution in [3.63, 3.8) is 0 Å². The minimum absolute atomic E-state index is 0.206. The molecule has 5 nitrogen and oxygen atoms in total. The highest BCUT2D eigenvalue weighted by molar-refractivity contribution is 9.10. The summed E-state index contributed by atoms with van der Waals surface area (Å²) in [5.41, 5.74) is 1.21. The summed E-state index contributed by atoms with van der Waals surface area (Å²) in [6, 6.07) is 10.8. The van der Waals surface area contributed by atoms with E-state index in [-0.39, 0.29) is 5.56 Å². The lowest BCUT2D eigenvalue weighted by Gasteiger charge is -2.09. The lowest BCUT2D eigenvalue weighted by molar-refractivity contribution is 0.363. The van der Waals surface area contributed by atoms with Gasteiger partial charge < -0.3 is 4.74 Å². The number of aromatic nitrogens is 2. The smallest absolute Gasteiger partial charge is 0.282 e. The second-order valence-corrected chi connectivity index (χ2v) is 7.41. The van der Waals surface area contributed by atoms with E-state index < -0.39 is 0 Å². The molecule has 2 aromatic carbocycles. The first kappa shape index (κ1) is 20.3. The maximum absolute atomic E-state index is 13.0. The van der Waals surface area contributed by atoms with E-state index in [0.717, 1.165) is 16.5 Å². The number of aryl methyl sites for hydroxylation is 1. The van der Waals surface area contributed by atoms with Crippen LogP contribution < -0.4 is 10.3 Å². The highest BCUT2D eigenvalue weighted by Gasteiger charge is 2.10. The van der Waals surface area contributed by atoms with Crippen LogP contribution in [0.4, 0.5) is 0 Å². The van der Waals surface area contributed by atoms with Crippen molar-refractivity contribution in [2.24, 2.45) is 5.10 Å². The van der Waals surface area contributed by atoms with Crippen molar-refractivity contribution in [2.75, 3.05) is 6.61 Å². The van der Waals surface area contributed by atoms with E-state index in [1.807, 2.05) is 25.1 Å². The van der Waals surface area contributed by atoms with Crippen molar-refractivity contribution in [2.45, 2.75) is 19.8 Å². The molecule has 0 saturated carbocycles. The summed E-state index contributed by atoms with van der Waals surface area (Å²) in [6.07, 6.45) is 4.74. The minimum atomic E-state index is -0.206. The third-order valence-corrected chi connectivity index (χ3v) is 4.77. The molecule has 7 heteroatoms. The third-order valence-electron chi connectivity index (χ3n) is 3.98. The molecule has 1 heterocycles. The average molecular weight is 461 g/mol. The summed E-state index contributed by atoms with van der Waals surface area (Å²) in [4.78, 5) is 17.6. The summed E-state index contributed by atoms with van der Waals surface area (Å²) in [5.74, 6) is 1.19. The fourth-order valence-electron chi connectivity index (χ4n) is 2.69. The highest BCUT2D eigenvalue weighted by Crippen LogP contribution is 2.25. The van der Waals surface area contributed by atoms with Crippen LogP contribution in [0.5, 0.6) is 5.75 Å². The summed E-state index contributed by atoms with van der Waals surface area (Å²) in [7, 11) is 0. The Hall–Kier alpha value is -2.44. The van der Waals surface area contributed by atoms with Crippen LogP contribution in [0.25, 0.3) is 10.9 Å². The first-order valence-corrected chi connectivity index (χ1v) is 9.99. The van der Waals surface area contributed by atoms with E-state index in [1.54, 1.807) is 30.5 Å². The molecule has 1 aromatic heterocycles. The van der Waals surface area contributed by atoms with Gasteiger partial charge in [-0.2, -0.15) is 9.78 Å². The maximum Gasteiger partial charge on any atom is 0.282 e. The van der Waals surface area contributed by atoms with Gasteiger partial charge in [-0.3, -0.25) is 4.79 Å². The number of nitrogens with zero attached hydrogens (tertiary/aromatic N) is 3. The Morgan fingerprint density at radius 2 is 2.14 bits per heavy atom. The molecule has 0 radical (unpaired) electrons. The number of halogens is 2. The number of hydrogen-bond donors (Lipinski definition) is 0. The SMILES string of the molecule is C=CCOc1ccc(C=Nn2c(CCC)nc3ccc(Br)cc3c2=O)cc1Cl. The predicted molar refractivity (Wildman–Crippen MR) is 118 cm³/mol. The molecule has 0 amide bonds. The Balaban J connectivity index is 2.02. The van der Waals surface area contributed by atoms with Gasteiger partial charge in [-0.15, -0.1) is 0 Å². The molecule has 0 saturated heterocycles. The van der Waals surface area contributed by atoms with Crippen molar-refractivity contribution in [3.05, 3.63) is 80.3 Å². The molecule has 0 spiro atoms. The zero-order chi connectivity index (χ0) is 20.1. The zero-order valence-corrected chi connectivity index (χ0v) is 17.7. The van der Waals surface area contributed by atoms with Gasteiger partial charge in [-0.1, -0.05) is 47.1 Å². The fraction of sp³-hybridized carbons (Fsp3) is 0.190. The first-order chi connectivity index (χ1) is 13.5. The van der Waals surface area contributed by atoms with E-state index in [2.05, 4.69) is 32.6 Å². The Morgan fingerprint density at radius 1 is 1.32 bits per heavy atom. The molecule has 0 aliphatic heterocycles. The van der Waals surface area contributed by atoms with Gasteiger partial charge in [-0.05, 0) is 48.4 Å². The number of rotatable bonds is 7. The topological polar surface area (TPSA) is 56.5 Å². The Kier molecular flexibility index (Phi) is 6.65. The molecule has 0 atom stereocenters. The average Bonchev–Trinajstić information content (AvgIpc) is 2.68. The standard InChI is InChI=1S/C21H19BrClN3O2/c1-3-5-20-25-18-8-7-15(22)12-16(18)21(27)26(20)24-13-14-6-9-19(17(23)11-14)28-10-4-2/h4,6-9,11-13H,2-3,5,10H2,1H3. The molecule has 0 aliphatic rings. The van der Waals surface area contributed by atoms with E-state index in [1.165, 1.54) is 4.68 Å². The fourth-order valence-corrected chi connectivity index (χ4v) is 3.29. The van der Waals surface area contributed by atoms with Crippen LogP contribution in [0.3, 0.4) is 0 Å². The van der Waals surface area contributed by atoms with E-state index in [4.69, 9.17) is 16.3 Å². The number of fused-ring (bicyclic) bond motifs is 1. The van der Waals surface area contributed by atoms with Crippen molar-refractivity contribution < 1.29 is 4.74 Å². The highest BCUT2D eigenvalue weighted by atomic mass is 79.9. The van der Waals surface area contributed by atoms with Crippen molar-refractivity contribution in [1.29, 1.82) is 0 Å². The van der Waals surface area contributed by atoms with Crippen LogP contribution >= 0.6 is 27.5 Å². The molecule has 0 N–H and O–H groups in total. The quantitative estimate of drug-likeness (QED) is 0.359. The second kappa shape index (κ2) is 9.17. The van der Waals surface area contributed by atoms with Gasteiger partial charge >= 0.3 is 0 Å². The van der Waals surface area contributed by atoms with E-state index in [0.29, 0.717) is 40.5 Å². The monoisotopic (exact) mass is 459 g/mol. The summed E-state index contributed by atoms with van der Waals surface area (Å²) >= 11 is 9.65. The Labute approximate surface area is 176 Å². The normalized spacial score (nSPS) is 11.2. The van der Waals surface area contributed by atoms with Gasteiger partial charge in [0.05, 0.1) is 22.1 Å². The number of hydrogen-bond acceptors (Lipinski definition) is 4. The molecule has 0 unspecified atom stereocenters. The second-order valence-electron chi connectivity index (χ2n) is 6.09. The Morgan fingerprint density at radius 3 is 2.86 bits per heavy atom.